The molecule has 0 heterocycles. The number of benzene rings is 3. The molecule has 0 unspecified atom stereocenters. The molecule has 0 fully saturated rings. The summed E-state index contributed by atoms with van der Waals surface area (Å²) in [6.45, 7) is 13.6. The van der Waals surface area contributed by atoms with Crippen LogP contribution < -0.4 is 0 Å². The van der Waals surface area contributed by atoms with Gasteiger partial charge >= 0.3 is 6.18 Å². The zero-order chi connectivity index (χ0) is 27.4. The molecule has 0 spiro atoms. The fourth-order valence-corrected chi connectivity index (χ4v) is 10.8. The molecule has 0 aromatic heterocycles. The molecule has 0 saturated carbocycles. The molecule has 5 heteroatoms. The molecular weight excluding hydrogens is 549 g/mol. The molecule has 0 nitrogen and oxygen atoms in total. The Morgan fingerprint density at radius 3 is 1.78 bits per heavy atom. The Labute approximate surface area is 228 Å². The third-order valence-corrected chi connectivity index (χ3v) is 14.0. The first-order valence-corrected chi connectivity index (χ1v) is 15.5. The summed E-state index contributed by atoms with van der Waals surface area (Å²) in [5.41, 5.74) is 8.38. The molecule has 0 aliphatic heterocycles. The van der Waals surface area contributed by atoms with Crippen molar-refractivity contribution in [3.05, 3.63) is 93.5 Å². The summed E-state index contributed by atoms with van der Waals surface area (Å²) >= 11 is 3.69. The zero-order valence-corrected chi connectivity index (χ0v) is 24.7. The van der Waals surface area contributed by atoms with Crippen LogP contribution in [-0.2, 0) is 6.18 Å². The van der Waals surface area contributed by atoms with Crippen molar-refractivity contribution in [1.82, 2.24) is 0 Å². The lowest BCUT2D eigenvalue weighted by Gasteiger charge is -2.38. The van der Waals surface area contributed by atoms with E-state index in [9.17, 15) is 13.2 Å². The Kier molecular flexibility index (Phi) is 9.17. The van der Waals surface area contributed by atoms with E-state index >= 15 is 0 Å². The van der Waals surface area contributed by atoms with Crippen molar-refractivity contribution < 1.29 is 13.2 Å². The van der Waals surface area contributed by atoms with Crippen LogP contribution in [0.15, 0.2) is 71.2 Å². The van der Waals surface area contributed by atoms with Gasteiger partial charge in [-0.25, -0.2) is 0 Å². The van der Waals surface area contributed by atoms with Crippen LogP contribution in [0.5, 0.6) is 0 Å². The molecule has 3 aromatic rings. The summed E-state index contributed by atoms with van der Waals surface area (Å²) in [5.74, 6) is 9.88. The van der Waals surface area contributed by atoms with E-state index < -0.39 is 19.8 Å². The molecule has 37 heavy (non-hydrogen) atoms. The van der Waals surface area contributed by atoms with E-state index in [1.165, 1.54) is 12.1 Å². The average Bonchev–Trinajstić information content (AvgIpc) is 2.83. The summed E-state index contributed by atoms with van der Waals surface area (Å²) in [6, 6.07) is 18.7. The highest BCUT2D eigenvalue weighted by atomic mass is 79.9. The van der Waals surface area contributed by atoms with Crippen molar-refractivity contribution in [2.75, 3.05) is 0 Å². The number of halogens is 4. The molecule has 0 amide bonds. The van der Waals surface area contributed by atoms with Crippen LogP contribution in [0.4, 0.5) is 13.2 Å². The highest BCUT2D eigenvalue weighted by molar-refractivity contribution is 9.10. The first kappa shape index (κ1) is 28.8. The predicted molar refractivity (Wildman–Crippen MR) is 155 cm³/mol. The number of rotatable bonds is 4. The van der Waals surface area contributed by atoms with Gasteiger partial charge in [0.1, 0.15) is 8.07 Å². The Morgan fingerprint density at radius 1 is 0.703 bits per heavy atom. The Bertz CT molecular complexity index is 1330. The minimum Gasteiger partial charge on any atom is -0.166 e. The molecule has 192 valence electrons. The first-order valence-electron chi connectivity index (χ1n) is 12.5. The maximum absolute atomic E-state index is 13.2. The van der Waals surface area contributed by atoms with Gasteiger partial charge in [-0.1, -0.05) is 89.6 Å². The molecule has 3 aromatic carbocycles. The smallest absolute Gasteiger partial charge is 0.166 e. The van der Waals surface area contributed by atoms with E-state index in [-0.39, 0.29) is 0 Å². The third kappa shape index (κ3) is 6.59. The highest BCUT2D eigenvalue weighted by Gasteiger charge is 2.41. The second-order valence-electron chi connectivity index (χ2n) is 10.2. The zero-order valence-electron chi connectivity index (χ0n) is 22.1. The van der Waals surface area contributed by atoms with E-state index in [1.807, 2.05) is 42.5 Å². The van der Waals surface area contributed by atoms with Gasteiger partial charge in [0, 0.05) is 21.2 Å². The Hall–Kier alpha value is -2.73. The second-order valence-corrected chi connectivity index (χ2v) is 16.7. The van der Waals surface area contributed by atoms with Crippen LogP contribution in [-0.4, -0.2) is 8.07 Å². The molecular formula is C32H32BrF3Si. The summed E-state index contributed by atoms with van der Waals surface area (Å²) in [7, 11) is -1.97. The molecule has 0 aliphatic rings. The van der Waals surface area contributed by atoms with Crippen molar-refractivity contribution in [3.8, 4) is 34.4 Å². The van der Waals surface area contributed by atoms with E-state index in [2.05, 4.69) is 80.8 Å². The van der Waals surface area contributed by atoms with Crippen LogP contribution in [0.2, 0.25) is 16.6 Å². The largest absolute Gasteiger partial charge is 0.416 e. The monoisotopic (exact) mass is 580 g/mol. The van der Waals surface area contributed by atoms with Crippen molar-refractivity contribution in [3.63, 3.8) is 0 Å². The van der Waals surface area contributed by atoms with Gasteiger partial charge in [0.15, 0.2) is 0 Å². The van der Waals surface area contributed by atoms with Crippen LogP contribution in [0, 0.1) is 23.3 Å². The highest BCUT2D eigenvalue weighted by Crippen LogP contribution is 2.41. The Balaban J connectivity index is 2.20. The van der Waals surface area contributed by atoms with E-state index in [0.717, 1.165) is 38.9 Å². The molecule has 0 aliphatic carbocycles. The SMILES string of the molecule is CC(C)[Si](C#Cc1cc(-c2ccc(C(F)(F)F)cc2)c(C#Cc2ccccc2)cc1Br)(C(C)C)C(C)C. The maximum atomic E-state index is 13.2. The van der Waals surface area contributed by atoms with Gasteiger partial charge in [-0.2, -0.15) is 13.2 Å². The summed E-state index contributed by atoms with van der Waals surface area (Å²) in [6.07, 6.45) is -4.39. The molecule has 0 bridgehead atoms. The van der Waals surface area contributed by atoms with Crippen molar-refractivity contribution in [2.45, 2.75) is 64.3 Å². The lowest BCUT2D eigenvalue weighted by molar-refractivity contribution is -0.137. The number of hydrogen-bond acceptors (Lipinski definition) is 0. The van der Waals surface area contributed by atoms with Crippen molar-refractivity contribution in [2.24, 2.45) is 0 Å². The van der Waals surface area contributed by atoms with Gasteiger partial charge in [-0.15, -0.1) is 5.54 Å². The summed E-state index contributed by atoms with van der Waals surface area (Å²) in [5, 5.41) is 0. The lowest BCUT2D eigenvalue weighted by Crippen LogP contribution is -2.43. The van der Waals surface area contributed by atoms with Gasteiger partial charge in [0.25, 0.3) is 0 Å². The van der Waals surface area contributed by atoms with E-state index in [0.29, 0.717) is 22.2 Å². The Morgan fingerprint density at radius 2 is 1.27 bits per heavy atom. The van der Waals surface area contributed by atoms with Gasteiger partial charge in [0.05, 0.1) is 5.56 Å². The normalized spacial score (nSPS) is 11.8. The first-order chi connectivity index (χ1) is 17.4. The van der Waals surface area contributed by atoms with Crippen LogP contribution in [0.25, 0.3) is 11.1 Å². The van der Waals surface area contributed by atoms with Crippen molar-refractivity contribution >= 4 is 24.0 Å². The lowest BCUT2D eigenvalue weighted by atomic mass is 9.96. The summed E-state index contributed by atoms with van der Waals surface area (Å²) in [4.78, 5) is 0. The van der Waals surface area contributed by atoms with Crippen molar-refractivity contribution in [1.29, 1.82) is 0 Å². The maximum Gasteiger partial charge on any atom is 0.416 e. The van der Waals surface area contributed by atoms with Gasteiger partial charge in [-0.05, 0) is 80.1 Å². The van der Waals surface area contributed by atoms with Crippen LogP contribution in [0.3, 0.4) is 0 Å². The molecule has 3 rings (SSSR count). The van der Waals surface area contributed by atoms with E-state index in [4.69, 9.17) is 0 Å². The minimum absolute atomic E-state index is 0.490. The number of hydrogen-bond donors (Lipinski definition) is 0. The standard InChI is InChI=1S/C32H32BrF3Si/c1-22(2)37(23(3)4,24(5)6)19-18-28-20-30(26-14-16-29(17-15-26)32(34,35)36)27(21-31(28)33)13-12-25-10-8-7-9-11-25/h7-11,14-17,20-24H,1-6H3. The third-order valence-electron chi connectivity index (χ3n) is 7.03. The quantitative estimate of drug-likeness (QED) is 0.212. The van der Waals surface area contributed by atoms with Crippen LogP contribution >= 0.6 is 15.9 Å². The molecule has 0 saturated heterocycles. The number of alkyl halides is 3. The van der Waals surface area contributed by atoms with Gasteiger partial charge < -0.3 is 0 Å². The summed E-state index contributed by atoms with van der Waals surface area (Å²) < 4.78 is 40.4. The minimum atomic E-state index is -4.39. The molecule has 0 radical (unpaired) electrons. The predicted octanol–water partition coefficient (Wildman–Crippen LogP) is 10.1. The molecule has 0 N–H and O–H groups in total. The van der Waals surface area contributed by atoms with E-state index in [1.54, 1.807) is 0 Å². The topological polar surface area (TPSA) is 0 Å². The molecule has 0 atom stereocenters. The van der Waals surface area contributed by atoms with Gasteiger partial charge in [0.2, 0.25) is 0 Å². The average molecular weight is 582 g/mol. The fourth-order valence-electron chi connectivity index (χ4n) is 5.12. The second kappa shape index (κ2) is 11.8. The van der Waals surface area contributed by atoms with Gasteiger partial charge in [-0.3, -0.25) is 0 Å². The fraction of sp³-hybridized carbons (Fsp3) is 0.312. The van der Waals surface area contributed by atoms with Crippen LogP contribution in [0.1, 0.15) is 63.8 Å².